The molecule has 0 radical (unpaired) electrons. The molecule has 0 aliphatic heterocycles. The molecule has 120 valence electrons. The lowest BCUT2D eigenvalue weighted by Crippen LogP contribution is -1.96. The van der Waals surface area contributed by atoms with Crippen LogP contribution in [-0.4, -0.2) is 26.4 Å². The molecule has 0 saturated heterocycles. The minimum Gasteiger partial charge on any atom is -0.372 e. The van der Waals surface area contributed by atoms with Crippen molar-refractivity contribution >= 4 is 11.5 Å². The molecule has 1 N–H and O–H groups in total. The van der Waals surface area contributed by atoms with Crippen LogP contribution in [0.4, 0.5) is 5.82 Å². The molecular formula is C19H14N6. The normalized spacial score (nSPS) is 10.6. The molecule has 4 aromatic rings. The zero-order valence-electron chi connectivity index (χ0n) is 13.5. The van der Waals surface area contributed by atoms with Gasteiger partial charge < -0.3 is 5.32 Å². The fourth-order valence-corrected chi connectivity index (χ4v) is 2.83. The molecule has 4 rings (SSSR count). The number of hydrogen-bond donors (Lipinski definition) is 1. The van der Waals surface area contributed by atoms with Gasteiger partial charge in [0, 0.05) is 36.8 Å². The van der Waals surface area contributed by atoms with Gasteiger partial charge in [0.25, 0.3) is 0 Å². The van der Waals surface area contributed by atoms with Crippen LogP contribution < -0.4 is 5.32 Å². The fourth-order valence-electron chi connectivity index (χ4n) is 2.83. The predicted molar refractivity (Wildman–Crippen MR) is 95.9 cm³/mol. The highest BCUT2D eigenvalue weighted by Gasteiger charge is 2.14. The van der Waals surface area contributed by atoms with E-state index in [1.807, 2.05) is 41.9 Å². The smallest absolute Gasteiger partial charge is 0.140 e. The topological polar surface area (TPSA) is 78.9 Å². The second kappa shape index (κ2) is 6.06. The number of anilines is 1. The third kappa shape index (κ3) is 2.58. The highest BCUT2D eigenvalue weighted by molar-refractivity contribution is 5.79. The van der Waals surface area contributed by atoms with Crippen LogP contribution in [0.1, 0.15) is 5.56 Å². The molecule has 6 nitrogen and oxygen atoms in total. The van der Waals surface area contributed by atoms with E-state index in [4.69, 9.17) is 10.2 Å². The van der Waals surface area contributed by atoms with E-state index in [0.717, 1.165) is 34.0 Å². The summed E-state index contributed by atoms with van der Waals surface area (Å²) in [5.41, 5.74) is 4.88. The van der Waals surface area contributed by atoms with Crippen LogP contribution in [0.2, 0.25) is 0 Å². The second-order valence-electron chi connectivity index (χ2n) is 5.49. The van der Waals surface area contributed by atoms with Crippen molar-refractivity contribution in [1.29, 1.82) is 5.26 Å². The standard InChI is InChI=1S/C19H14N6/c1-21-19-18(24-17-9-13(11-20)5-8-25(17)19)15-4-2-3-14(10-15)16-12-22-6-7-23-16/h2-10,12,21H,1H3. The number of nitriles is 1. The van der Waals surface area contributed by atoms with Gasteiger partial charge in [0.15, 0.2) is 0 Å². The zero-order chi connectivity index (χ0) is 17.2. The first-order valence-electron chi connectivity index (χ1n) is 7.77. The van der Waals surface area contributed by atoms with Gasteiger partial charge in [-0.3, -0.25) is 14.4 Å². The number of pyridine rings is 1. The van der Waals surface area contributed by atoms with Crippen molar-refractivity contribution in [1.82, 2.24) is 19.4 Å². The summed E-state index contributed by atoms with van der Waals surface area (Å²) in [6.45, 7) is 0. The Morgan fingerprint density at radius 1 is 1.12 bits per heavy atom. The highest BCUT2D eigenvalue weighted by Crippen LogP contribution is 2.31. The molecular weight excluding hydrogens is 312 g/mol. The van der Waals surface area contributed by atoms with Crippen LogP contribution in [-0.2, 0) is 0 Å². The largest absolute Gasteiger partial charge is 0.372 e. The van der Waals surface area contributed by atoms with Gasteiger partial charge in [-0.25, -0.2) is 4.98 Å². The Kier molecular flexibility index (Phi) is 3.60. The number of rotatable bonds is 3. The van der Waals surface area contributed by atoms with Gasteiger partial charge in [-0.05, 0) is 18.2 Å². The van der Waals surface area contributed by atoms with E-state index < -0.39 is 0 Å². The third-order valence-corrected chi connectivity index (χ3v) is 3.99. The average molecular weight is 326 g/mol. The van der Waals surface area contributed by atoms with E-state index in [9.17, 15) is 0 Å². The monoisotopic (exact) mass is 326 g/mol. The lowest BCUT2D eigenvalue weighted by atomic mass is 10.1. The SMILES string of the molecule is CNc1c(-c2cccc(-c3cnccn3)c2)nc2cc(C#N)ccn12. The van der Waals surface area contributed by atoms with Crippen molar-refractivity contribution in [3.8, 4) is 28.6 Å². The first-order chi connectivity index (χ1) is 12.3. The molecule has 25 heavy (non-hydrogen) atoms. The minimum absolute atomic E-state index is 0.583. The van der Waals surface area contributed by atoms with Crippen LogP contribution in [0.15, 0.2) is 61.2 Å². The van der Waals surface area contributed by atoms with E-state index in [2.05, 4.69) is 21.4 Å². The molecule has 1 aromatic carbocycles. The van der Waals surface area contributed by atoms with Gasteiger partial charge in [0.1, 0.15) is 17.2 Å². The van der Waals surface area contributed by atoms with Crippen LogP contribution >= 0.6 is 0 Å². The molecule has 0 spiro atoms. The molecule has 0 aliphatic carbocycles. The number of imidazole rings is 1. The van der Waals surface area contributed by atoms with E-state index in [-0.39, 0.29) is 0 Å². The Hall–Kier alpha value is -3.72. The molecule has 0 amide bonds. The number of nitrogens with one attached hydrogen (secondary N) is 1. The Labute approximate surface area is 144 Å². The first kappa shape index (κ1) is 14.8. The Morgan fingerprint density at radius 3 is 2.76 bits per heavy atom. The quantitative estimate of drug-likeness (QED) is 0.624. The van der Waals surface area contributed by atoms with E-state index in [1.54, 1.807) is 30.7 Å². The number of aromatic nitrogens is 4. The highest BCUT2D eigenvalue weighted by atomic mass is 15.1. The number of hydrogen-bond acceptors (Lipinski definition) is 5. The molecule has 0 bridgehead atoms. The van der Waals surface area contributed by atoms with E-state index in [1.165, 1.54) is 0 Å². The summed E-state index contributed by atoms with van der Waals surface area (Å²) >= 11 is 0. The number of fused-ring (bicyclic) bond motifs is 1. The van der Waals surface area contributed by atoms with Crippen molar-refractivity contribution < 1.29 is 0 Å². The maximum Gasteiger partial charge on any atom is 0.140 e. The fraction of sp³-hybridized carbons (Fsp3) is 0.0526. The molecule has 0 unspecified atom stereocenters. The average Bonchev–Trinajstić information content (AvgIpc) is 3.06. The predicted octanol–water partition coefficient (Wildman–Crippen LogP) is 3.37. The summed E-state index contributed by atoms with van der Waals surface area (Å²) in [5.74, 6) is 0.871. The molecule has 0 fully saturated rings. The summed E-state index contributed by atoms with van der Waals surface area (Å²) in [6.07, 6.45) is 6.92. The van der Waals surface area contributed by atoms with Gasteiger partial charge in [-0.15, -0.1) is 0 Å². The summed E-state index contributed by atoms with van der Waals surface area (Å²) in [5, 5.41) is 12.3. The zero-order valence-corrected chi connectivity index (χ0v) is 13.5. The van der Waals surface area contributed by atoms with Crippen LogP contribution in [0, 0.1) is 11.3 Å². The Balaban J connectivity index is 1.89. The third-order valence-electron chi connectivity index (χ3n) is 3.99. The van der Waals surface area contributed by atoms with Gasteiger partial charge in [0.05, 0.1) is 23.5 Å². The molecule has 6 heteroatoms. The van der Waals surface area contributed by atoms with E-state index in [0.29, 0.717) is 5.56 Å². The van der Waals surface area contributed by atoms with Gasteiger partial charge in [0.2, 0.25) is 0 Å². The summed E-state index contributed by atoms with van der Waals surface area (Å²) in [7, 11) is 1.86. The minimum atomic E-state index is 0.583. The van der Waals surface area contributed by atoms with Crippen molar-refractivity contribution in [3.63, 3.8) is 0 Å². The van der Waals surface area contributed by atoms with Crippen molar-refractivity contribution in [2.24, 2.45) is 0 Å². The molecule has 0 saturated carbocycles. The van der Waals surface area contributed by atoms with Crippen molar-refractivity contribution in [2.75, 3.05) is 12.4 Å². The Morgan fingerprint density at radius 2 is 2.00 bits per heavy atom. The van der Waals surface area contributed by atoms with Crippen molar-refractivity contribution in [3.05, 3.63) is 66.7 Å². The molecule has 0 atom stereocenters. The van der Waals surface area contributed by atoms with Gasteiger partial charge in [-0.1, -0.05) is 18.2 Å². The maximum atomic E-state index is 9.09. The first-order valence-corrected chi connectivity index (χ1v) is 7.77. The van der Waals surface area contributed by atoms with Gasteiger partial charge >= 0.3 is 0 Å². The molecule has 3 aromatic heterocycles. The molecule has 3 heterocycles. The summed E-state index contributed by atoms with van der Waals surface area (Å²) in [6, 6.07) is 13.7. The summed E-state index contributed by atoms with van der Waals surface area (Å²) < 4.78 is 1.94. The van der Waals surface area contributed by atoms with Crippen LogP contribution in [0.3, 0.4) is 0 Å². The Bertz CT molecular complexity index is 1090. The lowest BCUT2D eigenvalue weighted by Gasteiger charge is -2.06. The van der Waals surface area contributed by atoms with Crippen LogP contribution in [0.5, 0.6) is 0 Å². The summed E-state index contributed by atoms with van der Waals surface area (Å²) in [4.78, 5) is 13.2. The number of nitrogens with zero attached hydrogens (tertiary/aromatic N) is 5. The lowest BCUT2D eigenvalue weighted by molar-refractivity contribution is 1.17. The van der Waals surface area contributed by atoms with Gasteiger partial charge in [-0.2, -0.15) is 5.26 Å². The second-order valence-corrected chi connectivity index (χ2v) is 5.49. The van der Waals surface area contributed by atoms with Crippen molar-refractivity contribution in [2.45, 2.75) is 0 Å². The van der Waals surface area contributed by atoms with Crippen LogP contribution in [0.25, 0.3) is 28.2 Å². The maximum absolute atomic E-state index is 9.09. The number of benzene rings is 1. The molecule has 0 aliphatic rings. The van der Waals surface area contributed by atoms with E-state index >= 15 is 0 Å².